The Kier molecular flexibility index (Phi) is 3.42. The third-order valence-corrected chi connectivity index (χ3v) is 2.12. The van der Waals surface area contributed by atoms with E-state index < -0.39 is 0 Å². The van der Waals surface area contributed by atoms with Gasteiger partial charge in [-0.25, -0.2) is 4.98 Å². The van der Waals surface area contributed by atoms with Gasteiger partial charge >= 0.3 is 0 Å². The molecule has 0 amide bonds. The van der Waals surface area contributed by atoms with Crippen molar-refractivity contribution < 1.29 is 0 Å². The number of aromatic nitrogens is 2. The average Bonchev–Trinajstić information content (AvgIpc) is 2.46. The molecule has 0 spiro atoms. The number of pyridine rings is 1. The first-order valence-electron chi connectivity index (χ1n) is 3.49. The van der Waals surface area contributed by atoms with Crippen LogP contribution in [-0.2, 0) is 5.88 Å². The van der Waals surface area contributed by atoms with Gasteiger partial charge in [-0.05, 0) is 12.1 Å². The zero-order chi connectivity index (χ0) is 8.55. The van der Waals surface area contributed by atoms with E-state index in [4.69, 9.17) is 23.2 Å². The maximum Gasteiger partial charge on any atom is 0.138 e. The Balaban J connectivity index is 0.000000845. The van der Waals surface area contributed by atoms with Gasteiger partial charge in [0.2, 0.25) is 0 Å². The van der Waals surface area contributed by atoms with Crippen molar-refractivity contribution in [3.05, 3.63) is 35.2 Å². The van der Waals surface area contributed by atoms with E-state index in [1.807, 2.05) is 22.9 Å². The maximum atomic E-state index is 5.78. The Bertz CT molecular complexity index is 411. The van der Waals surface area contributed by atoms with Gasteiger partial charge in [0.05, 0.1) is 11.6 Å². The molecule has 5 heteroatoms. The average molecular weight is 238 g/mol. The fraction of sp³-hybridized carbons (Fsp3) is 0.125. The monoisotopic (exact) mass is 236 g/mol. The molecule has 0 aliphatic heterocycles. The van der Waals surface area contributed by atoms with Crippen molar-refractivity contribution in [3.8, 4) is 0 Å². The van der Waals surface area contributed by atoms with Gasteiger partial charge in [0.15, 0.2) is 0 Å². The Morgan fingerprint density at radius 1 is 1.46 bits per heavy atom. The summed E-state index contributed by atoms with van der Waals surface area (Å²) in [6.45, 7) is 0. The summed E-state index contributed by atoms with van der Waals surface area (Å²) in [6.07, 6.45) is 3.75. The number of hydrogen-bond acceptors (Lipinski definition) is 1. The minimum atomic E-state index is 0. The van der Waals surface area contributed by atoms with Crippen molar-refractivity contribution in [1.29, 1.82) is 0 Å². The molecule has 0 aliphatic rings. The van der Waals surface area contributed by atoms with Crippen LogP contribution in [0, 0.1) is 0 Å². The first kappa shape index (κ1) is 10.6. The lowest BCUT2D eigenvalue weighted by atomic mass is 10.5. The molecule has 2 aromatic rings. The van der Waals surface area contributed by atoms with Gasteiger partial charge in [0.25, 0.3) is 0 Å². The summed E-state index contributed by atoms with van der Waals surface area (Å²) in [4.78, 5) is 4.24. The van der Waals surface area contributed by atoms with Crippen LogP contribution in [0.5, 0.6) is 0 Å². The fourth-order valence-electron chi connectivity index (χ4n) is 1.07. The molecular formula is C8H7Cl3N2. The van der Waals surface area contributed by atoms with Crippen molar-refractivity contribution >= 4 is 41.3 Å². The Labute approximate surface area is 91.9 Å². The molecule has 0 bridgehead atoms. The molecular weight excluding hydrogens is 230 g/mol. The summed E-state index contributed by atoms with van der Waals surface area (Å²) < 4.78 is 1.89. The van der Waals surface area contributed by atoms with Crippen LogP contribution in [0.3, 0.4) is 0 Å². The second kappa shape index (κ2) is 4.18. The molecule has 2 nitrogen and oxygen atoms in total. The molecule has 2 aromatic heterocycles. The summed E-state index contributed by atoms with van der Waals surface area (Å²) in [5.74, 6) is 0.430. The van der Waals surface area contributed by atoms with E-state index in [1.54, 1.807) is 6.07 Å². The molecule has 0 aromatic carbocycles. The molecule has 0 aliphatic carbocycles. The molecule has 70 valence electrons. The SMILES string of the molecule is Cl.ClCc1cn2ccc(Cl)cc2n1. The summed E-state index contributed by atoms with van der Waals surface area (Å²) in [5, 5.41) is 0.689. The Morgan fingerprint density at radius 3 is 2.92 bits per heavy atom. The van der Waals surface area contributed by atoms with Gasteiger partial charge in [-0.1, -0.05) is 11.6 Å². The standard InChI is InChI=1S/C8H6Cl2N2.ClH/c9-4-7-5-12-2-1-6(10)3-8(12)11-7;/h1-3,5H,4H2;1H. The molecule has 2 rings (SSSR count). The molecule has 0 fully saturated rings. The predicted molar refractivity (Wildman–Crippen MR) is 57.0 cm³/mol. The normalized spacial score (nSPS) is 10.0. The van der Waals surface area contributed by atoms with Crippen molar-refractivity contribution in [1.82, 2.24) is 9.38 Å². The Morgan fingerprint density at radius 2 is 2.23 bits per heavy atom. The van der Waals surface area contributed by atoms with Crippen LogP contribution in [0.2, 0.25) is 5.02 Å². The van der Waals surface area contributed by atoms with Gasteiger partial charge in [0, 0.05) is 17.4 Å². The van der Waals surface area contributed by atoms with Crippen molar-refractivity contribution in [2.45, 2.75) is 5.88 Å². The molecule has 2 heterocycles. The summed E-state index contributed by atoms with van der Waals surface area (Å²) in [7, 11) is 0. The lowest BCUT2D eigenvalue weighted by molar-refractivity contribution is 1.18. The van der Waals surface area contributed by atoms with Crippen molar-refractivity contribution in [2.24, 2.45) is 0 Å². The molecule has 0 atom stereocenters. The summed E-state index contributed by atoms with van der Waals surface area (Å²) in [5.41, 5.74) is 1.69. The third-order valence-electron chi connectivity index (χ3n) is 1.61. The summed E-state index contributed by atoms with van der Waals surface area (Å²) in [6, 6.07) is 3.62. The van der Waals surface area contributed by atoms with E-state index in [-0.39, 0.29) is 12.4 Å². The van der Waals surface area contributed by atoms with Crippen LogP contribution in [0.15, 0.2) is 24.5 Å². The quantitative estimate of drug-likeness (QED) is 0.697. The number of rotatable bonds is 1. The first-order chi connectivity index (χ1) is 5.79. The number of fused-ring (bicyclic) bond motifs is 1. The van der Waals surface area contributed by atoms with Crippen LogP contribution in [-0.4, -0.2) is 9.38 Å². The van der Waals surface area contributed by atoms with E-state index >= 15 is 0 Å². The summed E-state index contributed by atoms with van der Waals surface area (Å²) >= 11 is 11.4. The minimum Gasteiger partial charge on any atom is -0.307 e. The third kappa shape index (κ3) is 2.08. The van der Waals surface area contributed by atoms with E-state index in [0.717, 1.165) is 11.3 Å². The lowest BCUT2D eigenvalue weighted by Gasteiger charge is -1.90. The van der Waals surface area contributed by atoms with Gasteiger partial charge < -0.3 is 4.40 Å². The highest BCUT2D eigenvalue weighted by molar-refractivity contribution is 6.30. The zero-order valence-electron chi connectivity index (χ0n) is 6.58. The number of alkyl halides is 1. The second-order valence-electron chi connectivity index (χ2n) is 2.48. The van der Waals surface area contributed by atoms with Gasteiger partial charge in [-0.15, -0.1) is 24.0 Å². The molecule has 0 N–H and O–H groups in total. The smallest absolute Gasteiger partial charge is 0.138 e. The number of nitrogens with zero attached hydrogens (tertiary/aromatic N) is 2. The molecule has 13 heavy (non-hydrogen) atoms. The number of hydrogen-bond donors (Lipinski definition) is 0. The number of imidazole rings is 1. The second-order valence-corrected chi connectivity index (χ2v) is 3.18. The van der Waals surface area contributed by atoms with Crippen molar-refractivity contribution in [2.75, 3.05) is 0 Å². The highest BCUT2D eigenvalue weighted by Gasteiger charge is 1.99. The van der Waals surface area contributed by atoms with E-state index in [0.29, 0.717) is 10.9 Å². The van der Waals surface area contributed by atoms with Gasteiger partial charge in [-0.2, -0.15) is 0 Å². The Hall–Kier alpha value is -0.440. The fourth-order valence-corrected chi connectivity index (χ4v) is 1.36. The van der Waals surface area contributed by atoms with Crippen LogP contribution in [0.1, 0.15) is 5.69 Å². The largest absolute Gasteiger partial charge is 0.307 e. The minimum absolute atomic E-state index is 0. The first-order valence-corrected chi connectivity index (χ1v) is 4.40. The predicted octanol–water partition coefficient (Wildman–Crippen LogP) is 3.15. The van der Waals surface area contributed by atoms with Crippen LogP contribution in [0.25, 0.3) is 5.65 Å². The highest BCUT2D eigenvalue weighted by atomic mass is 35.5. The molecule has 0 saturated heterocycles. The van der Waals surface area contributed by atoms with Crippen molar-refractivity contribution in [3.63, 3.8) is 0 Å². The highest BCUT2D eigenvalue weighted by Crippen LogP contribution is 2.12. The van der Waals surface area contributed by atoms with E-state index in [9.17, 15) is 0 Å². The van der Waals surface area contributed by atoms with Crippen LogP contribution < -0.4 is 0 Å². The van der Waals surface area contributed by atoms with Crippen LogP contribution >= 0.6 is 35.6 Å². The lowest BCUT2D eigenvalue weighted by Crippen LogP contribution is -1.79. The zero-order valence-corrected chi connectivity index (χ0v) is 8.90. The van der Waals surface area contributed by atoms with Crippen LogP contribution in [0.4, 0.5) is 0 Å². The van der Waals surface area contributed by atoms with Gasteiger partial charge in [-0.3, -0.25) is 0 Å². The van der Waals surface area contributed by atoms with Gasteiger partial charge in [0.1, 0.15) is 5.65 Å². The topological polar surface area (TPSA) is 17.3 Å². The van der Waals surface area contributed by atoms with E-state index in [2.05, 4.69) is 4.98 Å². The molecule has 0 saturated carbocycles. The number of halogens is 3. The molecule has 0 unspecified atom stereocenters. The maximum absolute atomic E-state index is 5.78. The van der Waals surface area contributed by atoms with E-state index in [1.165, 1.54) is 0 Å². The molecule has 0 radical (unpaired) electrons.